The molecule has 0 aliphatic rings. The Morgan fingerprint density at radius 2 is 0.966 bits per heavy atom. The third kappa shape index (κ3) is 9.90. The first-order chi connectivity index (χ1) is 27.6. The average Bonchev–Trinajstić information content (AvgIpc) is 3.18. The molecule has 11 heteroatoms. The van der Waals surface area contributed by atoms with Gasteiger partial charge in [0.2, 0.25) is 0 Å². The number of aliphatic hydroxyl groups is 1. The van der Waals surface area contributed by atoms with Gasteiger partial charge >= 0.3 is 23.6 Å². The molecule has 2 aromatic heterocycles. The minimum atomic E-state index is -4.69. The summed E-state index contributed by atoms with van der Waals surface area (Å²) in [5.41, 5.74) is -2.82. The Hall–Kier alpha value is -6.04. The van der Waals surface area contributed by atoms with Crippen LogP contribution in [0.4, 0.5) is 26.3 Å². The summed E-state index contributed by atoms with van der Waals surface area (Å²) >= 11 is 0. The van der Waals surface area contributed by atoms with Gasteiger partial charge in [0.1, 0.15) is 11.2 Å². The minimum Gasteiger partial charge on any atom is -0.422 e. The average molecular weight is 797 g/mol. The van der Waals surface area contributed by atoms with E-state index >= 15 is 0 Å². The van der Waals surface area contributed by atoms with Gasteiger partial charge in [-0.1, -0.05) is 87.5 Å². The normalized spacial score (nSPS) is 11.8. The van der Waals surface area contributed by atoms with Crippen LogP contribution in [0, 0.1) is 23.7 Å². The van der Waals surface area contributed by atoms with E-state index in [4.69, 9.17) is 8.83 Å². The molecular formula is C47H38F6O5. The second-order valence-electron chi connectivity index (χ2n) is 14.0. The first-order valence-corrected chi connectivity index (χ1v) is 18.9. The minimum absolute atomic E-state index is 0.0840. The van der Waals surface area contributed by atoms with Gasteiger partial charge in [-0.2, -0.15) is 26.3 Å². The molecule has 58 heavy (non-hydrogen) atoms. The fourth-order valence-electron chi connectivity index (χ4n) is 6.68. The van der Waals surface area contributed by atoms with E-state index in [0.717, 1.165) is 50.7 Å². The zero-order valence-electron chi connectivity index (χ0n) is 31.7. The van der Waals surface area contributed by atoms with Crippen molar-refractivity contribution in [3.05, 3.63) is 139 Å². The monoisotopic (exact) mass is 796 g/mol. The molecule has 0 saturated carbocycles. The predicted octanol–water partition coefficient (Wildman–Crippen LogP) is 11.5. The van der Waals surface area contributed by atoms with Crippen LogP contribution >= 0.6 is 0 Å². The Morgan fingerprint density at radius 3 is 1.34 bits per heavy atom. The van der Waals surface area contributed by atoms with Crippen LogP contribution in [0.1, 0.15) is 85.8 Å². The van der Waals surface area contributed by atoms with Gasteiger partial charge in [-0.25, -0.2) is 9.59 Å². The molecule has 0 fully saturated rings. The number of aryl methyl sites for hydroxylation is 2. The van der Waals surface area contributed by atoms with Gasteiger partial charge in [0.25, 0.3) is 0 Å². The number of aliphatic hydroxyl groups excluding tert-OH is 1. The topological polar surface area (TPSA) is 80.7 Å². The van der Waals surface area contributed by atoms with E-state index in [2.05, 4.69) is 23.7 Å². The number of benzene rings is 4. The maximum absolute atomic E-state index is 14.1. The van der Waals surface area contributed by atoms with E-state index in [0.29, 0.717) is 45.9 Å². The van der Waals surface area contributed by atoms with E-state index in [1.807, 2.05) is 13.8 Å². The molecule has 5 nitrogen and oxygen atoms in total. The lowest BCUT2D eigenvalue weighted by Crippen LogP contribution is -2.12. The molecule has 0 bridgehead atoms. The lowest BCUT2D eigenvalue weighted by Gasteiger charge is -2.14. The maximum atomic E-state index is 14.1. The number of fused-ring (bicyclic) bond motifs is 2. The largest absolute Gasteiger partial charge is 0.422 e. The van der Waals surface area contributed by atoms with Crippen molar-refractivity contribution >= 4 is 21.9 Å². The van der Waals surface area contributed by atoms with Crippen LogP contribution in [0.25, 0.3) is 44.2 Å². The standard InChI is InChI=1S/C47H38F6O5/c1-3-5-7-9-29-15-21-36(40(23-29)46(48,49)50)38-27-33-17-11-31(25-42(33)57-44(38)55)13-19-35(54)20-14-32-12-18-34-28-39(45(56)58-43(34)26-32)37-22-16-30(10-8-6-4-2)24-41(37)47(51,52)53/h11-12,15-18,21-28,35,54H,3-10H2,1-2H3. The van der Waals surface area contributed by atoms with Crippen LogP contribution in [0.15, 0.2) is 103 Å². The van der Waals surface area contributed by atoms with E-state index < -0.39 is 40.8 Å². The predicted molar refractivity (Wildman–Crippen MR) is 212 cm³/mol. The Kier molecular flexibility index (Phi) is 12.6. The van der Waals surface area contributed by atoms with Crippen molar-refractivity contribution in [2.24, 2.45) is 0 Å². The number of hydrogen-bond donors (Lipinski definition) is 1. The maximum Gasteiger partial charge on any atom is 0.417 e. The van der Waals surface area contributed by atoms with E-state index in [-0.39, 0.29) is 33.4 Å². The Morgan fingerprint density at radius 1 is 0.552 bits per heavy atom. The molecule has 0 spiro atoms. The highest BCUT2D eigenvalue weighted by Gasteiger charge is 2.36. The van der Waals surface area contributed by atoms with Crippen molar-refractivity contribution in [3.63, 3.8) is 0 Å². The van der Waals surface area contributed by atoms with Crippen molar-refractivity contribution in [2.45, 2.75) is 83.7 Å². The van der Waals surface area contributed by atoms with Gasteiger partial charge < -0.3 is 13.9 Å². The molecule has 0 aliphatic heterocycles. The first kappa shape index (κ1) is 41.6. The van der Waals surface area contributed by atoms with Gasteiger partial charge in [-0.3, -0.25) is 0 Å². The molecule has 4 aromatic carbocycles. The summed E-state index contributed by atoms with van der Waals surface area (Å²) in [5.74, 6) is 10.6. The van der Waals surface area contributed by atoms with Crippen LogP contribution < -0.4 is 11.3 Å². The fourth-order valence-corrected chi connectivity index (χ4v) is 6.68. The van der Waals surface area contributed by atoms with Gasteiger partial charge in [-0.05, 0) is 97.5 Å². The van der Waals surface area contributed by atoms with Gasteiger partial charge in [0.15, 0.2) is 6.10 Å². The van der Waals surface area contributed by atoms with Crippen LogP contribution in [0.5, 0.6) is 0 Å². The van der Waals surface area contributed by atoms with Gasteiger partial charge in [0.05, 0.1) is 22.3 Å². The molecule has 298 valence electrons. The summed E-state index contributed by atoms with van der Waals surface area (Å²) < 4.78 is 95.5. The molecule has 0 atom stereocenters. The zero-order valence-corrected chi connectivity index (χ0v) is 31.7. The molecule has 0 aliphatic carbocycles. The Balaban J connectivity index is 1.20. The molecule has 6 rings (SSSR count). The number of hydrogen-bond acceptors (Lipinski definition) is 5. The molecule has 1 N–H and O–H groups in total. The number of rotatable bonds is 10. The van der Waals surface area contributed by atoms with E-state index in [1.165, 1.54) is 48.5 Å². The summed E-state index contributed by atoms with van der Waals surface area (Å²) in [6.45, 7) is 4.02. The highest BCUT2D eigenvalue weighted by Crippen LogP contribution is 2.39. The summed E-state index contributed by atoms with van der Waals surface area (Å²) in [6, 6.07) is 19.7. The van der Waals surface area contributed by atoms with E-state index in [1.54, 1.807) is 24.3 Å². The molecule has 6 aromatic rings. The fraction of sp³-hybridized carbons (Fsp3) is 0.277. The molecule has 0 radical (unpaired) electrons. The molecule has 0 saturated heterocycles. The van der Waals surface area contributed by atoms with Crippen LogP contribution in [-0.4, -0.2) is 11.2 Å². The van der Waals surface area contributed by atoms with Crippen molar-refractivity contribution in [1.82, 2.24) is 0 Å². The highest BCUT2D eigenvalue weighted by molar-refractivity contribution is 5.85. The Labute approximate surface area is 330 Å². The quantitative estimate of drug-likeness (QED) is 0.0646. The highest BCUT2D eigenvalue weighted by atomic mass is 19.4. The third-order valence-corrected chi connectivity index (χ3v) is 9.68. The molecule has 0 amide bonds. The van der Waals surface area contributed by atoms with Crippen LogP contribution in [0.3, 0.4) is 0 Å². The smallest absolute Gasteiger partial charge is 0.417 e. The molecular weight excluding hydrogens is 759 g/mol. The number of alkyl halides is 6. The number of halogens is 6. The summed E-state index contributed by atoms with van der Waals surface area (Å²) in [6.07, 6.45) is -4.69. The van der Waals surface area contributed by atoms with E-state index in [9.17, 15) is 41.0 Å². The summed E-state index contributed by atoms with van der Waals surface area (Å²) in [5, 5.41) is 11.2. The van der Waals surface area contributed by atoms with Crippen molar-refractivity contribution in [3.8, 4) is 45.9 Å². The third-order valence-electron chi connectivity index (χ3n) is 9.68. The Bertz CT molecular complexity index is 2530. The van der Waals surface area contributed by atoms with Crippen molar-refractivity contribution in [1.29, 1.82) is 0 Å². The zero-order chi connectivity index (χ0) is 41.6. The second kappa shape index (κ2) is 17.6. The number of unbranched alkanes of at least 4 members (excludes halogenated alkanes) is 4. The summed E-state index contributed by atoms with van der Waals surface area (Å²) in [7, 11) is 0. The van der Waals surface area contributed by atoms with Crippen molar-refractivity contribution < 1.29 is 40.3 Å². The van der Waals surface area contributed by atoms with Crippen molar-refractivity contribution in [2.75, 3.05) is 0 Å². The second-order valence-corrected chi connectivity index (χ2v) is 14.0. The van der Waals surface area contributed by atoms with Crippen LogP contribution in [-0.2, 0) is 25.2 Å². The molecule has 2 heterocycles. The van der Waals surface area contributed by atoms with Gasteiger partial charge in [0, 0.05) is 33.0 Å². The summed E-state index contributed by atoms with van der Waals surface area (Å²) in [4.78, 5) is 26.0. The van der Waals surface area contributed by atoms with Gasteiger partial charge in [-0.15, -0.1) is 0 Å². The lowest BCUT2D eigenvalue weighted by atomic mass is 9.95. The lowest BCUT2D eigenvalue weighted by molar-refractivity contribution is -0.138. The molecule has 0 unspecified atom stereocenters. The SMILES string of the molecule is CCCCCc1ccc(-c2cc3ccc(C#CC(O)C#Cc4ccc5cc(-c6ccc(CCCCC)cc6C(F)(F)F)c(=O)oc5c4)cc3oc2=O)c(C(F)(F)F)c1. The first-order valence-electron chi connectivity index (χ1n) is 18.9. The van der Waals surface area contributed by atoms with Crippen LogP contribution in [0.2, 0.25) is 0 Å².